The zero-order valence-electron chi connectivity index (χ0n) is 12.5. The molecule has 0 spiro atoms. The Hall–Kier alpha value is -2.17. The van der Waals surface area contributed by atoms with Crippen molar-refractivity contribution in [2.24, 2.45) is 5.10 Å². The lowest BCUT2D eigenvalue weighted by Gasteiger charge is -2.04. The van der Waals surface area contributed by atoms with Crippen molar-refractivity contribution in [1.29, 1.82) is 0 Å². The lowest BCUT2D eigenvalue weighted by molar-refractivity contribution is 0.0959. The van der Waals surface area contributed by atoms with Gasteiger partial charge >= 0.3 is 0 Å². The van der Waals surface area contributed by atoms with E-state index in [1.54, 1.807) is 0 Å². The third-order valence-electron chi connectivity index (χ3n) is 3.48. The van der Waals surface area contributed by atoms with Gasteiger partial charge in [0.1, 0.15) is 4.88 Å². The molecule has 3 aromatic rings. The number of nitrogens with one attached hydrogen (secondary N) is 1. The first-order chi connectivity index (χ1) is 11.2. The molecule has 3 rings (SSSR count). The molecule has 0 atom stereocenters. The molecule has 0 aliphatic carbocycles. The van der Waals surface area contributed by atoms with Crippen LogP contribution in [0.2, 0.25) is 5.02 Å². The average molecular weight is 343 g/mol. The highest BCUT2D eigenvalue weighted by atomic mass is 35.5. The second kappa shape index (κ2) is 6.94. The quantitative estimate of drug-likeness (QED) is 0.520. The summed E-state index contributed by atoms with van der Waals surface area (Å²) in [5.74, 6) is -0.280. The maximum Gasteiger partial charge on any atom is 0.283 e. The van der Waals surface area contributed by atoms with Crippen molar-refractivity contribution < 1.29 is 4.79 Å². The van der Waals surface area contributed by atoms with Crippen LogP contribution >= 0.6 is 22.9 Å². The van der Waals surface area contributed by atoms with Crippen molar-refractivity contribution in [3.05, 3.63) is 70.1 Å². The van der Waals surface area contributed by atoms with Gasteiger partial charge in [-0.1, -0.05) is 67.1 Å². The van der Waals surface area contributed by atoms with E-state index in [4.69, 9.17) is 11.6 Å². The summed E-state index contributed by atoms with van der Waals surface area (Å²) in [7, 11) is 0. The van der Waals surface area contributed by atoms with Crippen LogP contribution in [0, 0.1) is 0 Å². The Morgan fingerprint density at radius 3 is 2.52 bits per heavy atom. The van der Waals surface area contributed by atoms with Crippen molar-refractivity contribution in [3.8, 4) is 0 Å². The first-order valence-corrected chi connectivity index (χ1v) is 8.49. The van der Waals surface area contributed by atoms with E-state index in [9.17, 15) is 4.79 Å². The fourth-order valence-electron chi connectivity index (χ4n) is 2.31. The van der Waals surface area contributed by atoms with Gasteiger partial charge in [-0.05, 0) is 18.1 Å². The van der Waals surface area contributed by atoms with E-state index in [2.05, 4.69) is 10.5 Å². The Labute approximate surface area is 143 Å². The molecule has 1 amide bonds. The Kier molecular flexibility index (Phi) is 4.74. The fraction of sp³-hybridized carbons (Fsp3) is 0.111. The number of carbonyl (C=O) groups is 1. The largest absolute Gasteiger partial charge is 0.283 e. The van der Waals surface area contributed by atoms with Crippen LogP contribution in [0.4, 0.5) is 0 Å². The van der Waals surface area contributed by atoms with E-state index >= 15 is 0 Å². The van der Waals surface area contributed by atoms with Gasteiger partial charge in [0.15, 0.2) is 0 Å². The number of hydrogen-bond acceptors (Lipinski definition) is 3. The van der Waals surface area contributed by atoms with Crippen molar-refractivity contribution >= 4 is 44.6 Å². The van der Waals surface area contributed by atoms with Crippen molar-refractivity contribution in [1.82, 2.24) is 5.43 Å². The lowest BCUT2D eigenvalue weighted by atomic mass is 10.1. The Morgan fingerprint density at radius 2 is 1.83 bits per heavy atom. The Bertz CT molecular complexity index is 871. The summed E-state index contributed by atoms with van der Waals surface area (Å²) >= 11 is 7.69. The third kappa shape index (κ3) is 3.28. The van der Waals surface area contributed by atoms with Crippen LogP contribution in [0.15, 0.2) is 59.7 Å². The van der Waals surface area contributed by atoms with Gasteiger partial charge in [-0.15, -0.1) is 11.3 Å². The average Bonchev–Trinajstić information content (AvgIpc) is 2.94. The predicted octanol–water partition coefficient (Wildman–Crippen LogP) is 5.10. The first-order valence-electron chi connectivity index (χ1n) is 7.30. The van der Waals surface area contributed by atoms with E-state index in [-0.39, 0.29) is 5.91 Å². The number of nitrogens with zero attached hydrogens (tertiary/aromatic N) is 1. The molecule has 0 aliphatic rings. The number of hydrazone groups is 1. The van der Waals surface area contributed by atoms with Crippen LogP contribution in [-0.4, -0.2) is 11.6 Å². The van der Waals surface area contributed by atoms with Crippen LogP contribution in [0.3, 0.4) is 0 Å². The minimum Gasteiger partial charge on any atom is -0.266 e. The first kappa shape index (κ1) is 15.7. The smallest absolute Gasteiger partial charge is 0.266 e. The molecule has 2 aromatic carbocycles. The van der Waals surface area contributed by atoms with E-state index < -0.39 is 0 Å². The normalized spacial score (nSPS) is 11.7. The highest BCUT2D eigenvalue weighted by molar-refractivity contribution is 7.21. The van der Waals surface area contributed by atoms with Gasteiger partial charge in [-0.3, -0.25) is 4.79 Å². The van der Waals surface area contributed by atoms with Crippen LogP contribution in [0.1, 0.15) is 28.6 Å². The van der Waals surface area contributed by atoms with E-state index in [0.717, 1.165) is 27.8 Å². The van der Waals surface area contributed by atoms with Crippen LogP contribution in [0.25, 0.3) is 10.1 Å². The molecule has 1 heterocycles. The zero-order chi connectivity index (χ0) is 16.2. The van der Waals surface area contributed by atoms with E-state index in [0.29, 0.717) is 9.90 Å². The molecule has 1 aromatic heterocycles. The predicted molar refractivity (Wildman–Crippen MR) is 97.6 cm³/mol. The van der Waals surface area contributed by atoms with Crippen LogP contribution in [-0.2, 0) is 0 Å². The maximum atomic E-state index is 12.4. The molecule has 0 radical (unpaired) electrons. The molecule has 3 nitrogen and oxygen atoms in total. The summed E-state index contributed by atoms with van der Waals surface area (Å²) in [6, 6.07) is 17.5. The van der Waals surface area contributed by atoms with Crippen LogP contribution in [0.5, 0.6) is 0 Å². The summed E-state index contributed by atoms with van der Waals surface area (Å²) in [4.78, 5) is 12.9. The molecule has 0 unspecified atom stereocenters. The van der Waals surface area contributed by atoms with Gasteiger partial charge < -0.3 is 0 Å². The summed E-state index contributed by atoms with van der Waals surface area (Å²) in [5, 5.41) is 5.64. The van der Waals surface area contributed by atoms with Crippen LogP contribution < -0.4 is 5.43 Å². The number of rotatable bonds is 4. The highest BCUT2D eigenvalue weighted by Crippen LogP contribution is 2.34. The van der Waals surface area contributed by atoms with Gasteiger partial charge in [-0.2, -0.15) is 5.10 Å². The minimum absolute atomic E-state index is 0.280. The minimum atomic E-state index is -0.280. The Balaban J connectivity index is 1.85. The molecule has 0 saturated carbocycles. The summed E-state index contributed by atoms with van der Waals surface area (Å²) < 4.78 is 0.991. The number of halogens is 1. The van der Waals surface area contributed by atoms with E-state index in [1.807, 2.05) is 61.5 Å². The van der Waals surface area contributed by atoms with Gasteiger partial charge in [-0.25, -0.2) is 5.43 Å². The van der Waals surface area contributed by atoms with Gasteiger partial charge in [0.05, 0.1) is 10.7 Å². The second-order valence-electron chi connectivity index (χ2n) is 4.96. The topological polar surface area (TPSA) is 41.5 Å². The third-order valence-corrected chi connectivity index (χ3v) is 5.15. The number of hydrogen-bond donors (Lipinski definition) is 1. The highest BCUT2D eigenvalue weighted by Gasteiger charge is 2.16. The van der Waals surface area contributed by atoms with Gasteiger partial charge in [0, 0.05) is 10.1 Å². The zero-order valence-corrected chi connectivity index (χ0v) is 14.1. The summed E-state index contributed by atoms with van der Waals surface area (Å²) in [5.41, 5.74) is 4.45. The number of benzene rings is 2. The van der Waals surface area contributed by atoms with E-state index in [1.165, 1.54) is 11.3 Å². The van der Waals surface area contributed by atoms with Crippen molar-refractivity contribution in [3.63, 3.8) is 0 Å². The molecule has 23 heavy (non-hydrogen) atoms. The molecule has 1 N–H and O–H groups in total. The second-order valence-corrected chi connectivity index (χ2v) is 6.39. The molecule has 0 saturated heterocycles. The molecule has 0 fully saturated rings. The summed E-state index contributed by atoms with van der Waals surface area (Å²) in [6.07, 6.45) is 0.727. The molecule has 0 bridgehead atoms. The van der Waals surface area contributed by atoms with Gasteiger partial charge in [0.25, 0.3) is 5.91 Å². The molecule has 5 heteroatoms. The number of amides is 1. The van der Waals surface area contributed by atoms with Crippen molar-refractivity contribution in [2.75, 3.05) is 0 Å². The standard InChI is InChI=1S/C18H15ClN2OS/c1-2-14(12-8-4-3-5-9-12)20-21-18(22)17-16(19)13-10-6-7-11-15(13)23-17/h3-11H,2H2,1H3,(H,21,22)/b20-14-. The SMILES string of the molecule is CC/C(=N/NC(=O)c1sc2ccccc2c1Cl)c1ccccc1. The van der Waals surface area contributed by atoms with Crippen molar-refractivity contribution in [2.45, 2.75) is 13.3 Å². The summed E-state index contributed by atoms with van der Waals surface area (Å²) in [6.45, 7) is 2.00. The fourth-order valence-corrected chi connectivity index (χ4v) is 3.71. The number of fused-ring (bicyclic) bond motifs is 1. The monoisotopic (exact) mass is 342 g/mol. The lowest BCUT2D eigenvalue weighted by Crippen LogP contribution is -2.19. The number of thiophene rings is 1. The molecule has 116 valence electrons. The maximum absolute atomic E-state index is 12.4. The molecular formula is C18H15ClN2OS. The molecule has 0 aliphatic heterocycles. The molecular weight excluding hydrogens is 328 g/mol. The van der Waals surface area contributed by atoms with Gasteiger partial charge in [0.2, 0.25) is 0 Å². The Morgan fingerprint density at radius 1 is 1.13 bits per heavy atom. The number of carbonyl (C=O) groups excluding carboxylic acids is 1.